The molecule has 12 nitrogen and oxygen atoms in total. The van der Waals surface area contributed by atoms with Crippen molar-refractivity contribution in [2.45, 2.75) is 37.2 Å². The molecule has 6 aromatic rings. The molecule has 4 aromatic carbocycles. The van der Waals surface area contributed by atoms with Crippen LogP contribution in [-0.2, 0) is 22.7 Å². The number of amides is 2. The molecule has 0 saturated heterocycles. The van der Waals surface area contributed by atoms with Crippen molar-refractivity contribution in [3.8, 4) is 11.5 Å². The van der Waals surface area contributed by atoms with Gasteiger partial charge in [-0.25, -0.2) is 9.97 Å². The van der Waals surface area contributed by atoms with Crippen molar-refractivity contribution >= 4 is 68.5 Å². The van der Waals surface area contributed by atoms with Crippen molar-refractivity contribution in [3.05, 3.63) is 118 Å². The number of fused-ring (bicyclic) bond motifs is 2. The Morgan fingerprint density at radius 3 is 1.37 bits per heavy atom. The second-order valence-electron chi connectivity index (χ2n) is 11.3. The first-order valence-electron chi connectivity index (χ1n) is 16.6. The minimum absolute atomic E-state index is 0.0139. The molecule has 0 saturated carbocycles. The molecule has 0 radical (unpaired) electrons. The van der Waals surface area contributed by atoms with Gasteiger partial charge in [0.2, 0.25) is 11.8 Å². The molecule has 2 N–H and O–H groups in total. The van der Waals surface area contributed by atoms with Crippen LogP contribution in [0.3, 0.4) is 0 Å². The van der Waals surface area contributed by atoms with Gasteiger partial charge in [0.15, 0.2) is 10.3 Å². The summed E-state index contributed by atoms with van der Waals surface area (Å²) in [7, 11) is 0. The Morgan fingerprint density at radius 2 is 0.981 bits per heavy atom. The number of nitrogens with zero attached hydrogens (tertiary/aromatic N) is 4. The summed E-state index contributed by atoms with van der Waals surface area (Å²) in [5.74, 6) is 0.822. The van der Waals surface area contributed by atoms with Gasteiger partial charge >= 0.3 is 0 Å². The SMILES string of the molecule is CCOc1ccc(NC(=O)CSc2nc3ccccc3c(=O)n2CCn2c(SCC(=O)Nc3ccc(OCC)cc3)nc3ccccc3c2=O)cc1. The number of benzene rings is 4. The quantitative estimate of drug-likeness (QED) is 0.0942. The van der Waals surface area contributed by atoms with Crippen LogP contribution in [0, 0.1) is 0 Å². The Bertz CT molecular complexity index is 2160. The average molecular weight is 737 g/mol. The van der Waals surface area contributed by atoms with E-state index < -0.39 is 0 Å². The molecular weight excluding hydrogens is 701 g/mol. The average Bonchev–Trinajstić information content (AvgIpc) is 3.15. The summed E-state index contributed by atoms with van der Waals surface area (Å²) in [5.41, 5.74) is 1.62. The van der Waals surface area contributed by atoms with Gasteiger partial charge in [-0.2, -0.15) is 0 Å². The van der Waals surface area contributed by atoms with E-state index in [1.807, 2.05) is 13.8 Å². The Morgan fingerprint density at radius 1 is 0.596 bits per heavy atom. The molecule has 0 bridgehead atoms. The van der Waals surface area contributed by atoms with Crippen LogP contribution >= 0.6 is 23.5 Å². The maximum atomic E-state index is 13.8. The van der Waals surface area contributed by atoms with E-state index in [0.29, 0.717) is 68.2 Å². The molecule has 2 aromatic heterocycles. The maximum Gasteiger partial charge on any atom is 0.262 e. The number of hydrogen-bond acceptors (Lipinski definition) is 10. The number of anilines is 2. The topological polar surface area (TPSA) is 146 Å². The van der Waals surface area contributed by atoms with E-state index in [1.54, 1.807) is 97.1 Å². The molecule has 14 heteroatoms. The van der Waals surface area contributed by atoms with Gasteiger partial charge in [-0.3, -0.25) is 28.3 Å². The van der Waals surface area contributed by atoms with Crippen molar-refractivity contribution in [1.82, 2.24) is 19.1 Å². The van der Waals surface area contributed by atoms with Crippen molar-refractivity contribution in [3.63, 3.8) is 0 Å². The highest BCUT2D eigenvalue weighted by Crippen LogP contribution is 2.23. The lowest BCUT2D eigenvalue weighted by molar-refractivity contribution is -0.114. The fourth-order valence-electron chi connectivity index (χ4n) is 5.37. The number of para-hydroxylation sites is 2. The van der Waals surface area contributed by atoms with Gasteiger partial charge in [-0.1, -0.05) is 47.8 Å². The number of carbonyl (C=O) groups is 2. The largest absolute Gasteiger partial charge is 0.494 e. The van der Waals surface area contributed by atoms with Crippen LogP contribution in [0.2, 0.25) is 0 Å². The molecule has 0 aliphatic rings. The third-order valence-electron chi connectivity index (χ3n) is 7.76. The van der Waals surface area contributed by atoms with E-state index in [1.165, 1.54) is 9.13 Å². The first-order chi connectivity index (χ1) is 25.3. The fourth-order valence-corrected chi connectivity index (χ4v) is 7.02. The van der Waals surface area contributed by atoms with E-state index in [0.717, 1.165) is 23.5 Å². The first-order valence-corrected chi connectivity index (χ1v) is 18.6. The lowest BCUT2D eigenvalue weighted by Crippen LogP contribution is -2.30. The van der Waals surface area contributed by atoms with Crippen molar-refractivity contribution in [2.24, 2.45) is 0 Å². The lowest BCUT2D eigenvalue weighted by Gasteiger charge is -2.16. The molecule has 0 aliphatic heterocycles. The van der Waals surface area contributed by atoms with E-state index in [2.05, 4.69) is 10.6 Å². The van der Waals surface area contributed by atoms with Crippen LogP contribution in [0.25, 0.3) is 21.8 Å². The van der Waals surface area contributed by atoms with Gasteiger partial charge in [0, 0.05) is 24.5 Å². The predicted molar refractivity (Wildman–Crippen MR) is 206 cm³/mol. The monoisotopic (exact) mass is 736 g/mol. The molecule has 0 atom stereocenters. The third kappa shape index (κ3) is 8.82. The minimum Gasteiger partial charge on any atom is -0.494 e. The summed E-state index contributed by atoms with van der Waals surface area (Å²) >= 11 is 2.25. The summed E-state index contributed by atoms with van der Waals surface area (Å²) in [5, 5.41) is 7.21. The highest BCUT2D eigenvalue weighted by atomic mass is 32.2. The number of aromatic nitrogens is 4. The van der Waals surface area contributed by atoms with Gasteiger partial charge < -0.3 is 20.1 Å². The van der Waals surface area contributed by atoms with Crippen LogP contribution in [-0.4, -0.2) is 55.6 Å². The Kier molecular flexibility index (Phi) is 11.9. The normalized spacial score (nSPS) is 11.0. The molecule has 0 unspecified atom stereocenters. The van der Waals surface area contributed by atoms with Gasteiger partial charge in [-0.05, 0) is 86.6 Å². The Balaban J connectivity index is 1.22. The van der Waals surface area contributed by atoms with Crippen molar-refractivity contribution in [1.29, 1.82) is 0 Å². The molecule has 266 valence electrons. The summed E-state index contributed by atoms with van der Waals surface area (Å²) < 4.78 is 13.9. The number of rotatable bonds is 15. The maximum absolute atomic E-state index is 13.8. The van der Waals surface area contributed by atoms with Crippen LogP contribution in [0.1, 0.15) is 13.8 Å². The van der Waals surface area contributed by atoms with Gasteiger partial charge in [0.1, 0.15) is 11.5 Å². The Hall–Kier alpha value is -5.60. The molecule has 0 spiro atoms. The number of thioether (sulfide) groups is 2. The van der Waals surface area contributed by atoms with Crippen LogP contribution in [0.15, 0.2) is 117 Å². The van der Waals surface area contributed by atoms with Gasteiger partial charge in [-0.15, -0.1) is 0 Å². The van der Waals surface area contributed by atoms with Gasteiger partial charge in [0.05, 0.1) is 46.5 Å². The number of ether oxygens (including phenoxy) is 2. The molecule has 2 heterocycles. The highest BCUT2D eigenvalue weighted by Gasteiger charge is 2.17. The zero-order chi connectivity index (χ0) is 36.5. The zero-order valence-corrected chi connectivity index (χ0v) is 30.2. The lowest BCUT2D eigenvalue weighted by atomic mass is 10.2. The van der Waals surface area contributed by atoms with E-state index in [4.69, 9.17) is 19.4 Å². The molecular formula is C38H36N6O6S2. The Labute approximate surface area is 307 Å². The third-order valence-corrected chi connectivity index (χ3v) is 9.72. The second kappa shape index (κ2) is 17.1. The van der Waals surface area contributed by atoms with E-state index in [-0.39, 0.29) is 47.5 Å². The van der Waals surface area contributed by atoms with Gasteiger partial charge in [0.25, 0.3) is 11.1 Å². The molecule has 6 rings (SSSR count). The molecule has 52 heavy (non-hydrogen) atoms. The number of hydrogen-bond donors (Lipinski definition) is 2. The van der Waals surface area contributed by atoms with Crippen LogP contribution < -0.4 is 31.2 Å². The summed E-state index contributed by atoms with van der Waals surface area (Å²) in [4.78, 5) is 63.1. The highest BCUT2D eigenvalue weighted by molar-refractivity contribution is 8.00. The molecule has 2 amide bonds. The number of carbonyl (C=O) groups excluding carboxylic acids is 2. The number of nitrogens with one attached hydrogen (secondary N) is 2. The first kappa shape index (κ1) is 36.2. The summed E-state index contributed by atoms with van der Waals surface area (Å²) in [6.07, 6.45) is 0. The summed E-state index contributed by atoms with van der Waals surface area (Å²) in [6.45, 7) is 5.00. The molecule has 0 aliphatic carbocycles. The minimum atomic E-state index is -0.300. The van der Waals surface area contributed by atoms with Crippen LogP contribution in [0.5, 0.6) is 11.5 Å². The smallest absolute Gasteiger partial charge is 0.262 e. The van der Waals surface area contributed by atoms with Crippen molar-refractivity contribution in [2.75, 3.05) is 35.4 Å². The van der Waals surface area contributed by atoms with Crippen LogP contribution in [0.4, 0.5) is 11.4 Å². The fraction of sp³-hybridized carbons (Fsp3) is 0.211. The van der Waals surface area contributed by atoms with Crippen molar-refractivity contribution < 1.29 is 19.1 Å². The predicted octanol–water partition coefficient (Wildman–Crippen LogP) is 6.07. The van der Waals surface area contributed by atoms with E-state index in [9.17, 15) is 19.2 Å². The summed E-state index contributed by atoms with van der Waals surface area (Å²) in [6, 6.07) is 28.1. The van der Waals surface area contributed by atoms with E-state index >= 15 is 0 Å². The molecule has 0 fully saturated rings. The standard InChI is InChI=1S/C38H36N6O6S2/c1-3-49-27-17-13-25(14-18-27)39-33(45)23-51-37-41-31-11-7-5-9-29(31)35(47)43(37)21-22-44-36(48)30-10-6-8-12-32(30)42-38(44)52-24-34(46)40-26-15-19-28(20-16-26)50-4-2/h5-20H,3-4,21-24H2,1-2H3,(H,39,45)(H,40,46). The second-order valence-corrected chi connectivity index (χ2v) is 13.2. The zero-order valence-electron chi connectivity index (χ0n) is 28.5.